The molecular formula is C40H40F2N4O2. The Kier molecular flexibility index (Phi) is 8.60. The van der Waals surface area contributed by atoms with Crippen LogP contribution < -0.4 is 10.2 Å². The van der Waals surface area contributed by atoms with E-state index in [0.717, 1.165) is 11.8 Å². The molecule has 2 heterocycles. The monoisotopic (exact) mass is 646 g/mol. The fourth-order valence-electron chi connectivity index (χ4n) is 7.63. The Morgan fingerprint density at radius 2 is 1.46 bits per heavy atom. The maximum atomic E-state index is 15.7. The summed E-state index contributed by atoms with van der Waals surface area (Å²) in [6.45, 7) is 6.42. The van der Waals surface area contributed by atoms with Gasteiger partial charge in [0.1, 0.15) is 11.6 Å². The zero-order valence-corrected chi connectivity index (χ0v) is 27.3. The lowest BCUT2D eigenvalue weighted by atomic mass is 9.73. The van der Waals surface area contributed by atoms with E-state index in [1.807, 2.05) is 60.0 Å². The number of allylic oxidation sites excluding steroid dienone is 1. The molecule has 0 radical (unpaired) electrons. The van der Waals surface area contributed by atoms with Gasteiger partial charge >= 0.3 is 0 Å². The molecule has 0 bridgehead atoms. The summed E-state index contributed by atoms with van der Waals surface area (Å²) in [6, 6.07) is 31.0. The molecule has 0 aromatic heterocycles. The molecule has 1 atom stereocenters. The fraction of sp³-hybridized carbons (Fsp3) is 0.300. The first-order chi connectivity index (χ1) is 23.2. The first-order valence-corrected chi connectivity index (χ1v) is 16.6. The smallest absolute Gasteiger partial charge is 0.242 e. The Labute approximate surface area is 280 Å². The number of nitrogens with one attached hydrogen (secondary N) is 1. The predicted octanol–water partition coefficient (Wildman–Crippen LogP) is 7.52. The number of benzene rings is 4. The summed E-state index contributed by atoms with van der Waals surface area (Å²) in [5.41, 5.74) is 4.85. The van der Waals surface area contributed by atoms with E-state index < -0.39 is 17.7 Å². The minimum atomic E-state index is -0.911. The average molecular weight is 647 g/mol. The van der Waals surface area contributed by atoms with E-state index in [1.165, 1.54) is 23.3 Å². The number of halogens is 2. The van der Waals surface area contributed by atoms with Gasteiger partial charge < -0.3 is 15.1 Å². The molecule has 4 aromatic carbocycles. The van der Waals surface area contributed by atoms with Gasteiger partial charge in [-0.05, 0) is 41.2 Å². The lowest BCUT2D eigenvalue weighted by molar-refractivity contribution is -0.131. The topological polar surface area (TPSA) is 55.9 Å². The predicted molar refractivity (Wildman–Crippen MR) is 184 cm³/mol. The highest BCUT2D eigenvalue weighted by Crippen LogP contribution is 2.48. The van der Waals surface area contributed by atoms with Gasteiger partial charge in [0.05, 0.1) is 30.0 Å². The summed E-state index contributed by atoms with van der Waals surface area (Å²) in [5.74, 6) is -1.66. The summed E-state index contributed by atoms with van der Waals surface area (Å²) in [7, 11) is 0. The molecule has 48 heavy (non-hydrogen) atoms. The van der Waals surface area contributed by atoms with Crippen molar-refractivity contribution in [3.8, 4) is 0 Å². The number of para-hydroxylation sites is 2. The second-order valence-corrected chi connectivity index (χ2v) is 13.8. The highest BCUT2D eigenvalue weighted by molar-refractivity contribution is 6.02. The summed E-state index contributed by atoms with van der Waals surface area (Å²) < 4.78 is 29.9. The minimum Gasteiger partial charge on any atom is -0.357 e. The molecule has 8 heteroatoms. The van der Waals surface area contributed by atoms with Crippen LogP contribution in [-0.2, 0) is 9.59 Å². The zero-order valence-electron chi connectivity index (χ0n) is 27.3. The lowest BCUT2D eigenvalue weighted by Crippen LogP contribution is -2.52. The van der Waals surface area contributed by atoms with Crippen LogP contribution in [0.5, 0.6) is 0 Å². The van der Waals surface area contributed by atoms with Crippen molar-refractivity contribution < 1.29 is 18.4 Å². The third-order valence-electron chi connectivity index (χ3n) is 9.83. The molecule has 1 amide bonds. The Hall–Kier alpha value is -4.82. The molecule has 0 saturated carbocycles. The number of hydrogen-bond acceptors (Lipinski definition) is 5. The number of carbonyl (C=O) groups excluding carboxylic acids is 2. The standard InChI is InChI=1S/C40H40F2N4O2/c1-40(2)24-33-37(35(47)25-40)39(30-18-17-29(41)23-31(30)42)46(34-16-10-9-15-32(34)43-33)26-36(48)44-19-21-45(22-20-44)38(27-11-5-3-6-12-27)28-13-7-4-8-14-28/h3-18,23,38-39,43H,19-22,24-26H2,1-2H3. The van der Waals surface area contributed by atoms with Crippen molar-refractivity contribution in [3.05, 3.63) is 143 Å². The van der Waals surface area contributed by atoms with Gasteiger partial charge in [-0.1, -0.05) is 92.7 Å². The highest BCUT2D eigenvalue weighted by Gasteiger charge is 2.43. The Morgan fingerprint density at radius 3 is 2.10 bits per heavy atom. The van der Waals surface area contributed by atoms with Crippen LogP contribution in [0.3, 0.4) is 0 Å². The van der Waals surface area contributed by atoms with Crippen LogP contribution in [-0.4, -0.2) is 54.2 Å². The SMILES string of the molecule is CC1(C)CC(=O)C2=C(C1)Nc1ccccc1N(CC(=O)N1CCN(C(c3ccccc3)c3ccccc3)CC1)C2c1ccc(F)cc1F. The van der Waals surface area contributed by atoms with E-state index in [4.69, 9.17) is 0 Å². The molecule has 1 N–H and O–H groups in total. The Bertz CT molecular complexity index is 1810. The van der Waals surface area contributed by atoms with Crippen LogP contribution in [0.2, 0.25) is 0 Å². The van der Waals surface area contributed by atoms with Crippen molar-refractivity contribution in [1.29, 1.82) is 0 Å². The highest BCUT2D eigenvalue weighted by atomic mass is 19.1. The van der Waals surface area contributed by atoms with E-state index >= 15 is 4.39 Å². The quantitative estimate of drug-likeness (QED) is 0.235. The van der Waals surface area contributed by atoms with Gasteiger partial charge in [0.2, 0.25) is 5.91 Å². The van der Waals surface area contributed by atoms with Crippen molar-refractivity contribution in [1.82, 2.24) is 9.80 Å². The van der Waals surface area contributed by atoms with Crippen molar-refractivity contribution in [2.75, 3.05) is 42.9 Å². The van der Waals surface area contributed by atoms with Gasteiger partial charge in [-0.2, -0.15) is 0 Å². The van der Waals surface area contributed by atoms with E-state index in [2.05, 4.69) is 58.7 Å². The van der Waals surface area contributed by atoms with E-state index in [-0.39, 0.29) is 41.7 Å². The van der Waals surface area contributed by atoms with Crippen LogP contribution in [0.15, 0.2) is 114 Å². The first-order valence-electron chi connectivity index (χ1n) is 16.6. The number of anilines is 2. The molecule has 1 aliphatic carbocycles. The van der Waals surface area contributed by atoms with Crippen molar-refractivity contribution in [2.45, 2.75) is 38.8 Å². The van der Waals surface area contributed by atoms with Crippen LogP contribution in [0.25, 0.3) is 0 Å². The maximum Gasteiger partial charge on any atom is 0.242 e. The zero-order chi connectivity index (χ0) is 33.4. The van der Waals surface area contributed by atoms with Gasteiger partial charge in [0.25, 0.3) is 0 Å². The molecule has 6 nitrogen and oxygen atoms in total. The summed E-state index contributed by atoms with van der Waals surface area (Å²) in [5, 5.41) is 3.50. The molecule has 1 saturated heterocycles. The van der Waals surface area contributed by atoms with E-state index in [0.29, 0.717) is 49.6 Å². The second kappa shape index (κ2) is 13.0. The van der Waals surface area contributed by atoms with E-state index in [9.17, 15) is 14.0 Å². The molecule has 246 valence electrons. The Morgan fingerprint density at radius 1 is 0.833 bits per heavy atom. The van der Waals surface area contributed by atoms with Gasteiger partial charge in [-0.15, -0.1) is 0 Å². The molecule has 7 rings (SSSR count). The number of amides is 1. The lowest BCUT2D eigenvalue weighted by Gasteiger charge is -2.41. The third-order valence-corrected chi connectivity index (χ3v) is 9.83. The number of rotatable bonds is 6. The van der Waals surface area contributed by atoms with Gasteiger partial charge in [0, 0.05) is 55.5 Å². The molecular weight excluding hydrogens is 606 g/mol. The third kappa shape index (κ3) is 6.24. The molecule has 3 aliphatic rings. The summed E-state index contributed by atoms with van der Waals surface area (Å²) in [4.78, 5) is 34.3. The fourth-order valence-corrected chi connectivity index (χ4v) is 7.63. The number of piperazine rings is 1. The summed E-state index contributed by atoms with van der Waals surface area (Å²) in [6.07, 6.45) is 0.867. The maximum absolute atomic E-state index is 15.7. The summed E-state index contributed by atoms with van der Waals surface area (Å²) >= 11 is 0. The average Bonchev–Trinajstić information content (AvgIpc) is 3.20. The normalized spacial score (nSPS) is 19.4. The number of hydrogen-bond donors (Lipinski definition) is 1. The number of nitrogens with zero attached hydrogens (tertiary/aromatic N) is 3. The number of Topliss-reactive ketones (excluding diaryl/α,β-unsaturated/α-hetero) is 1. The van der Waals surface area contributed by atoms with Gasteiger partial charge in [-0.3, -0.25) is 14.5 Å². The van der Waals surface area contributed by atoms with Crippen LogP contribution in [0.1, 0.15) is 55.5 Å². The molecule has 2 aliphatic heterocycles. The van der Waals surface area contributed by atoms with Crippen LogP contribution in [0, 0.1) is 17.0 Å². The molecule has 0 spiro atoms. The number of ketones is 1. The van der Waals surface area contributed by atoms with Gasteiger partial charge in [-0.25, -0.2) is 8.78 Å². The minimum absolute atomic E-state index is 0.0611. The first kappa shape index (κ1) is 31.8. The number of fused-ring (bicyclic) bond motifs is 1. The van der Waals surface area contributed by atoms with Gasteiger partial charge in [0.15, 0.2) is 5.78 Å². The van der Waals surface area contributed by atoms with Crippen molar-refractivity contribution in [2.24, 2.45) is 5.41 Å². The van der Waals surface area contributed by atoms with Crippen LogP contribution in [0.4, 0.5) is 20.2 Å². The Balaban J connectivity index is 1.20. The van der Waals surface area contributed by atoms with Crippen LogP contribution >= 0.6 is 0 Å². The second-order valence-electron chi connectivity index (χ2n) is 13.8. The molecule has 1 unspecified atom stereocenters. The van der Waals surface area contributed by atoms with E-state index in [1.54, 1.807) is 0 Å². The van der Waals surface area contributed by atoms with Crippen molar-refractivity contribution in [3.63, 3.8) is 0 Å². The van der Waals surface area contributed by atoms with Crippen molar-refractivity contribution >= 4 is 23.1 Å². The molecule has 4 aromatic rings. The largest absolute Gasteiger partial charge is 0.357 e. The molecule has 1 fully saturated rings. The number of carbonyl (C=O) groups is 2.